The molecule has 0 spiro atoms. The highest BCUT2D eigenvalue weighted by Crippen LogP contribution is 2.36. The molecule has 1 unspecified atom stereocenters. The fraction of sp³-hybridized carbons (Fsp3) is 0.333. The Balaban J connectivity index is 1.69. The van der Waals surface area contributed by atoms with Gasteiger partial charge in [0.25, 0.3) is 0 Å². The summed E-state index contributed by atoms with van der Waals surface area (Å²) in [6.45, 7) is 0. The van der Waals surface area contributed by atoms with Crippen LogP contribution in [0, 0.1) is 17.2 Å². The molecular formula is C15H14N6O. The van der Waals surface area contributed by atoms with Crippen LogP contribution in [0.3, 0.4) is 0 Å². The molecule has 3 aromatic rings. The van der Waals surface area contributed by atoms with Gasteiger partial charge in [0.05, 0.1) is 24.1 Å². The zero-order valence-corrected chi connectivity index (χ0v) is 11.7. The number of aromatic amines is 1. The molecule has 3 heterocycles. The molecule has 0 aromatic carbocycles. The van der Waals surface area contributed by atoms with E-state index in [-0.39, 0.29) is 18.1 Å². The van der Waals surface area contributed by atoms with Crippen LogP contribution in [0.1, 0.15) is 18.9 Å². The van der Waals surface area contributed by atoms with Crippen molar-refractivity contribution in [1.29, 1.82) is 5.26 Å². The lowest BCUT2D eigenvalue weighted by Crippen LogP contribution is -2.34. The lowest BCUT2D eigenvalue weighted by molar-refractivity contribution is 0.0257. The molecular weight excluding hydrogens is 280 g/mol. The maximum Gasteiger partial charge on any atom is 0.141 e. The second-order valence-electron chi connectivity index (χ2n) is 5.63. The second kappa shape index (κ2) is 4.93. The molecule has 1 atom stereocenters. The highest BCUT2D eigenvalue weighted by Gasteiger charge is 2.35. The summed E-state index contributed by atoms with van der Waals surface area (Å²) < 4.78 is 1.67. The third-order valence-corrected chi connectivity index (χ3v) is 4.24. The van der Waals surface area contributed by atoms with E-state index in [9.17, 15) is 10.4 Å². The first-order chi connectivity index (χ1) is 10.8. The third kappa shape index (κ3) is 1.96. The maximum absolute atomic E-state index is 9.43. The molecule has 0 amide bonds. The molecule has 4 rings (SSSR count). The topological polar surface area (TPSA) is 103 Å². The first-order valence-corrected chi connectivity index (χ1v) is 7.16. The van der Waals surface area contributed by atoms with Crippen molar-refractivity contribution < 1.29 is 5.11 Å². The van der Waals surface area contributed by atoms with Crippen LogP contribution in [0.4, 0.5) is 0 Å². The molecule has 1 fully saturated rings. The largest absolute Gasteiger partial charge is 0.393 e. The molecule has 2 N–H and O–H groups in total. The Labute approximate surface area is 126 Å². The van der Waals surface area contributed by atoms with E-state index < -0.39 is 0 Å². The van der Waals surface area contributed by atoms with Crippen LogP contribution in [0.2, 0.25) is 0 Å². The number of nitrogens with zero attached hydrogens (tertiary/aromatic N) is 5. The van der Waals surface area contributed by atoms with Crippen molar-refractivity contribution >= 4 is 11.0 Å². The Kier molecular flexibility index (Phi) is 2.91. The Hall–Kier alpha value is -2.72. The van der Waals surface area contributed by atoms with Crippen molar-refractivity contribution in [2.75, 3.05) is 0 Å². The summed E-state index contributed by atoms with van der Waals surface area (Å²) in [6.07, 6.45) is 7.92. The Bertz CT molecular complexity index is 854. The number of nitrogens with one attached hydrogen (secondary N) is 1. The Morgan fingerprint density at radius 2 is 2.27 bits per heavy atom. The molecule has 110 valence electrons. The maximum atomic E-state index is 9.43. The Morgan fingerprint density at radius 3 is 3.05 bits per heavy atom. The fourth-order valence-electron chi connectivity index (χ4n) is 2.98. The minimum Gasteiger partial charge on any atom is -0.393 e. The van der Waals surface area contributed by atoms with Crippen molar-refractivity contribution in [2.45, 2.75) is 25.0 Å². The third-order valence-electron chi connectivity index (χ3n) is 4.24. The lowest BCUT2D eigenvalue weighted by atomic mass is 9.78. The molecule has 1 saturated carbocycles. The van der Waals surface area contributed by atoms with Crippen molar-refractivity contribution in [3.05, 3.63) is 31.0 Å². The summed E-state index contributed by atoms with van der Waals surface area (Å²) in [7, 11) is 0. The van der Waals surface area contributed by atoms with Gasteiger partial charge in [-0.25, -0.2) is 9.97 Å². The second-order valence-corrected chi connectivity index (χ2v) is 5.63. The van der Waals surface area contributed by atoms with E-state index in [1.807, 2.05) is 18.5 Å². The average Bonchev–Trinajstić information content (AvgIpc) is 3.15. The number of nitriles is 1. The van der Waals surface area contributed by atoms with Gasteiger partial charge in [0.15, 0.2) is 0 Å². The molecule has 1 aliphatic rings. The monoisotopic (exact) mass is 294 g/mol. The number of aliphatic hydroxyl groups is 1. The van der Waals surface area contributed by atoms with Crippen molar-refractivity contribution in [3.8, 4) is 17.3 Å². The number of H-pyrrole nitrogens is 1. The van der Waals surface area contributed by atoms with Crippen LogP contribution in [0.25, 0.3) is 22.3 Å². The van der Waals surface area contributed by atoms with Gasteiger partial charge in [0.2, 0.25) is 0 Å². The van der Waals surface area contributed by atoms with E-state index in [1.165, 1.54) is 6.33 Å². The van der Waals surface area contributed by atoms with Gasteiger partial charge in [-0.2, -0.15) is 10.4 Å². The number of rotatable bonds is 3. The molecule has 7 nitrogen and oxygen atoms in total. The van der Waals surface area contributed by atoms with Crippen LogP contribution in [-0.4, -0.2) is 35.9 Å². The van der Waals surface area contributed by atoms with Gasteiger partial charge in [0.1, 0.15) is 18.0 Å². The molecule has 0 bridgehead atoms. The Morgan fingerprint density at radius 1 is 1.41 bits per heavy atom. The number of aromatic nitrogens is 5. The van der Waals surface area contributed by atoms with E-state index >= 15 is 0 Å². The van der Waals surface area contributed by atoms with E-state index in [0.717, 1.165) is 22.3 Å². The summed E-state index contributed by atoms with van der Waals surface area (Å²) in [5.41, 5.74) is 2.42. The summed E-state index contributed by atoms with van der Waals surface area (Å²) >= 11 is 0. The van der Waals surface area contributed by atoms with Gasteiger partial charge >= 0.3 is 0 Å². The molecule has 0 aliphatic heterocycles. The van der Waals surface area contributed by atoms with Crippen LogP contribution in [0.15, 0.2) is 31.0 Å². The van der Waals surface area contributed by atoms with Crippen molar-refractivity contribution in [2.24, 2.45) is 5.92 Å². The summed E-state index contributed by atoms with van der Waals surface area (Å²) in [6, 6.07) is 3.86. The molecule has 0 radical (unpaired) electrons. The number of hydrogen-bond donors (Lipinski definition) is 2. The standard InChI is InChI=1S/C15H14N6O/c16-5-13(9-3-11(22)4-9)21-7-10(6-20-21)14-12-1-2-17-15(12)19-8-18-14/h1-2,6-9,11,13,22H,3-4H2,(H,17,18,19). The first kappa shape index (κ1) is 13.0. The smallest absolute Gasteiger partial charge is 0.141 e. The van der Waals surface area contributed by atoms with E-state index in [4.69, 9.17) is 0 Å². The van der Waals surface area contributed by atoms with Crippen molar-refractivity contribution in [3.63, 3.8) is 0 Å². The minimum absolute atomic E-state index is 0.158. The normalized spacial score (nSPS) is 22.2. The van der Waals surface area contributed by atoms with Gasteiger partial charge in [-0.3, -0.25) is 4.68 Å². The quantitative estimate of drug-likeness (QED) is 0.764. The van der Waals surface area contributed by atoms with Crippen LogP contribution < -0.4 is 0 Å². The number of hydrogen-bond acceptors (Lipinski definition) is 5. The predicted octanol–water partition coefficient (Wildman–Crippen LogP) is 1.66. The van der Waals surface area contributed by atoms with Gasteiger partial charge in [-0.15, -0.1) is 0 Å². The zero-order chi connectivity index (χ0) is 15.1. The predicted molar refractivity (Wildman–Crippen MR) is 78.5 cm³/mol. The molecule has 0 saturated heterocycles. The molecule has 22 heavy (non-hydrogen) atoms. The first-order valence-electron chi connectivity index (χ1n) is 7.16. The number of fused-ring (bicyclic) bond motifs is 1. The van der Waals surface area contributed by atoms with Crippen molar-refractivity contribution in [1.82, 2.24) is 24.7 Å². The van der Waals surface area contributed by atoms with E-state index in [2.05, 4.69) is 26.1 Å². The molecule has 7 heteroatoms. The number of aliphatic hydroxyl groups excluding tert-OH is 1. The van der Waals surface area contributed by atoms with E-state index in [1.54, 1.807) is 10.9 Å². The van der Waals surface area contributed by atoms with E-state index in [0.29, 0.717) is 12.8 Å². The summed E-state index contributed by atoms with van der Waals surface area (Å²) in [5, 5.41) is 24.1. The minimum atomic E-state index is -0.347. The summed E-state index contributed by atoms with van der Waals surface area (Å²) in [5.74, 6) is 0.158. The van der Waals surface area contributed by atoms with Gasteiger partial charge < -0.3 is 10.1 Å². The molecule has 3 aromatic heterocycles. The average molecular weight is 294 g/mol. The SMILES string of the molecule is N#CC(C1CC(O)C1)n1cc(-c2ncnc3[nH]ccc23)cn1. The van der Waals surface area contributed by atoms with Crippen LogP contribution in [-0.2, 0) is 0 Å². The fourth-order valence-corrected chi connectivity index (χ4v) is 2.98. The van der Waals surface area contributed by atoms with Gasteiger partial charge in [0, 0.05) is 23.3 Å². The highest BCUT2D eigenvalue weighted by molar-refractivity contribution is 5.89. The van der Waals surface area contributed by atoms with Gasteiger partial charge in [-0.05, 0) is 24.8 Å². The van der Waals surface area contributed by atoms with Crippen LogP contribution in [0.5, 0.6) is 0 Å². The zero-order valence-electron chi connectivity index (χ0n) is 11.7. The highest BCUT2D eigenvalue weighted by atomic mass is 16.3. The lowest BCUT2D eigenvalue weighted by Gasteiger charge is -2.34. The summed E-state index contributed by atoms with van der Waals surface area (Å²) in [4.78, 5) is 11.6. The molecule has 1 aliphatic carbocycles. The van der Waals surface area contributed by atoms with Crippen LogP contribution >= 0.6 is 0 Å². The van der Waals surface area contributed by atoms with Gasteiger partial charge in [-0.1, -0.05) is 0 Å².